The molecule has 22 heavy (non-hydrogen) atoms. The highest BCUT2D eigenvalue weighted by molar-refractivity contribution is 5.90. The number of hydrogen-bond acceptors (Lipinski definition) is 4. The van der Waals surface area contributed by atoms with Crippen LogP contribution in [-0.4, -0.2) is 35.5 Å². The van der Waals surface area contributed by atoms with Crippen LogP contribution in [0.1, 0.15) is 28.8 Å². The third kappa shape index (κ3) is 2.98. The van der Waals surface area contributed by atoms with Crippen LogP contribution in [0, 0.1) is 5.92 Å². The molecule has 1 aliphatic carbocycles. The van der Waals surface area contributed by atoms with Gasteiger partial charge in [-0.1, -0.05) is 18.2 Å². The second kappa shape index (κ2) is 5.97. The molecule has 0 bridgehead atoms. The predicted molar refractivity (Wildman–Crippen MR) is 86.9 cm³/mol. The number of aliphatic hydroxyl groups excluding tert-OH is 1. The summed E-state index contributed by atoms with van der Waals surface area (Å²) in [5.74, 6) is 1.30. The number of amidine groups is 1. The third-order valence-corrected chi connectivity index (χ3v) is 3.67. The number of hydrazone groups is 1. The first-order chi connectivity index (χ1) is 10.7. The number of aliphatic imine (C=N–C) groups is 1. The molecule has 0 radical (unpaired) electrons. The number of nitrogens with zero attached hydrogens (tertiary/aromatic N) is 3. The van der Waals surface area contributed by atoms with Crippen molar-refractivity contribution in [1.82, 2.24) is 5.01 Å². The van der Waals surface area contributed by atoms with E-state index in [0.717, 1.165) is 30.4 Å². The lowest BCUT2D eigenvalue weighted by molar-refractivity contribution is 0.112. The summed E-state index contributed by atoms with van der Waals surface area (Å²) in [6, 6.07) is 7.29. The van der Waals surface area contributed by atoms with Gasteiger partial charge in [-0.2, -0.15) is 5.10 Å². The maximum Gasteiger partial charge on any atom is 0.151 e. The Morgan fingerprint density at radius 2 is 2.18 bits per heavy atom. The van der Waals surface area contributed by atoms with Crippen molar-refractivity contribution < 1.29 is 9.90 Å². The van der Waals surface area contributed by atoms with Gasteiger partial charge in [-0.05, 0) is 37.8 Å². The van der Waals surface area contributed by atoms with Gasteiger partial charge in [0.05, 0.1) is 12.2 Å². The maximum absolute atomic E-state index is 11.0. The molecule has 1 heterocycles. The van der Waals surface area contributed by atoms with Crippen molar-refractivity contribution in [3.05, 3.63) is 53.3 Å². The Bertz CT molecular complexity index is 700. The molecule has 1 aromatic carbocycles. The van der Waals surface area contributed by atoms with Crippen molar-refractivity contribution in [2.45, 2.75) is 12.8 Å². The lowest BCUT2D eigenvalue weighted by Crippen LogP contribution is -2.23. The monoisotopic (exact) mass is 295 g/mol. The second-order valence-corrected chi connectivity index (χ2v) is 5.40. The minimum absolute atomic E-state index is 0.234. The minimum Gasteiger partial charge on any atom is -0.510 e. The summed E-state index contributed by atoms with van der Waals surface area (Å²) in [6.07, 6.45) is 6.40. The molecule has 3 rings (SSSR count). The zero-order chi connectivity index (χ0) is 15.5. The van der Waals surface area contributed by atoms with E-state index in [-0.39, 0.29) is 12.3 Å². The number of aliphatic hydroxyl groups is 1. The highest BCUT2D eigenvalue weighted by atomic mass is 16.3. The molecule has 0 unspecified atom stereocenters. The average Bonchev–Trinajstić information content (AvgIpc) is 3.37. The van der Waals surface area contributed by atoms with Crippen molar-refractivity contribution in [1.29, 1.82) is 0 Å². The molecule has 1 saturated carbocycles. The topological polar surface area (TPSA) is 65.3 Å². The Hall–Kier alpha value is -2.69. The van der Waals surface area contributed by atoms with Crippen LogP contribution in [-0.2, 0) is 0 Å². The number of aldehydes is 1. The largest absolute Gasteiger partial charge is 0.510 e. The summed E-state index contributed by atoms with van der Waals surface area (Å²) in [7, 11) is 0. The summed E-state index contributed by atoms with van der Waals surface area (Å²) in [5, 5.41) is 16.0. The van der Waals surface area contributed by atoms with Crippen molar-refractivity contribution in [3.8, 4) is 0 Å². The van der Waals surface area contributed by atoms with Gasteiger partial charge in [0, 0.05) is 17.0 Å². The van der Waals surface area contributed by atoms with E-state index in [2.05, 4.69) is 16.8 Å². The van der Waals surface area contributed by atoms with Crippen LogP contribution >= 0.6 is 0 Å². The summed E-state index contributed by atoms with van der Waals surface area (Å²) < 4.78 is 0. The lowest BCUT2D eigenvalue weighted by Gasteiger charge is -2.25. The molecule has 1 aliphatic heterocycles. The predicted octanol–water partition coefficient (Wildman–Crippen LogP) is 3.02. The van der Waals surface area contributed by atoms with E-state index >= 15 is 0 Å². The molecule has 0 amide bonds. The van der Waals surface area contributed by atoms with Crippen molar-refractivity contribution in [2.75, 3.05) is 6.54 Å². The van der Waals surface area contributed by atoms with E-state index in [1.807, 2.05) is 12.1 Å². The van der Waals surface area contributed by atoms with Crippen LogP contribution in [0.3, 0.4) is 0 Å². The third-order valence-electron chi connectivity index (χ3n) is 3.67. The number of allylic oxidation sites excluding steroid dienone is 2. The zero-order valence-electron chi connectivity index (χ0n) is 12.1. The Morgan fingerprint density at radius 3 is 2.86 bits per heavy atom. The number of carbonyl (C=O) groups excluding carboxylic acids is 1. The van der Waals surface area contributed by atoms with Gasteiger partial charge in [-0.15, -0.1) is 0 Å². The first-order valence-corrected chi connectivity index (χ1v) is 7.19. The lowest BCUT2D eigenvalue weighted by atomic mass is 10.1. The quantitative estimate of drug-likeness (QED) is 0.527. The van der Waals surface area contributed by atoms with E-state index < -0.39 is 0 Å². The SMILES string of the molecule is C=N/C(=N\N1CC(O)=CC=C1c1cccc(C=O)c1)C1CC1. The fourth-order valence-electron chi connectivity index (χ4n) is 2.37. The summed E-state index contributed by atoms with van der Waals surface area (Å²) in [4.78, 5) is 15.0. The van der Waals surface area contributed by atoms with Crippen molar-refractivity contribution >= 4 is 24.5 Å². The number of benzene rings is 1. The zero-order valence-corrected chi connectivity index (χ0v) is 12.1. The first-order valence-electron chi connectivity index (χ1n) is 7.19. The Kier molecular flexibility index (Phi) is 3.87. The fraction of sp³-hybridized carbons (Fsp3) is 0.235. The van der Waals surface area contributed by atoms with E-state index in [4.69, 9.17) is 0 Å². The standard InChI is InChI=1S/C17H17N3O2/c1-18-17(13-5-6-13)19-20-10-15(22)7-8-16(20)14-4-2-3-12(9-14)11-21/h2-4,7-9,11,13,22H,1,5-6,10H2/b19-17-. The van der Waals surface area contributed by atoms with Crippen LogP contribution < -0.4 is 0 Å². The van der Waals surface area contributed by atoms with Crippen molar-refractivity contribution in [2.24, 2.45) is 16.0 Å². The molecule has 0 spiro atoms. The van der Waals surface area contributed by atoms with E-state index in [1.54, 1.807) is 29.3 Å². The summed E-state index contributed by atoms with van der Waals surface area (Å²) >= 11 is 0. The van der Waals surface area contributed by atoms with Gasteiger partial charge < -0.3 is 5.11 Å². The smallest absolute Gasteiger partial charge is 0.151 e. The molecular formula is C17H17N3O2. The van der Waals surface area contributed by atoms with Crippen LogP contribution in [0.15, 0.2) is 52.3 Å². The molecular weight excluding hydrogens is 278 g/mol. The Balaban J connectivity index is 1.97. The second-order valence-electron chi connectivity index (χ2n) is 5.40. The Morgan fingerprint density at radius 1 is 1.36 bits per heavy atom. The van der Waals surface area contributed by atoms with Gasteiger partial charge >= 0.3 is 0 Å². The molecule has 0 aromatic heterocycles. The Labute approximate surface area is 129 Å². The summed E-state index contributed by atoms with van der Waals surface area (Å²) in [6.45, 7) is 3.86. The molecule has 1 aromatic rings. The van der Waals surface area contributed by atoms with Gasteiger partial charge in [-0.25, -0.2) is 4.99 Å². The van der Waals surface area contributed by atoms with Crippen LogP contribution in [0.2, 0.25) is 0 Å². The van der Waals surface area contributed by atoms with Crippen LogP contribution in [0.4, 0.5) is 0 Å². The van der Waals surface area contributed by atoms with Crippen LogP contribution in [0.25, 0.3) is 5.70 Å². The van der Waals surface area contributed by atoms with Gasteiger partial charge in [0.25, 0.3) is 0 Å². The van der Waals surface area contributed by atoms with Gasteiger partial charge in [0.15, 0.2) is 5.84 Å². The molecule has 2 aliphatic rings. The number of carbonyl (C=O) groups is 1. The molecule has 0 saturated heterocycles. The normalized spacial score (nSPS) is 18.5. The molecule has 5 nitrogen and oxygen atoms in total. The fourth-order valence-corrected chi connectivity index (χ4v) is 2.37. The molecule has 112 valence electrons. The van der Waals surface area contributed by atoms with Gasteiger partial charge in [0.1, 0.15) is 12.0 Å². The molecule has 0 atom stereocenters. The molecule has 5 heteroatoms. The van der Waals surface area contributed by atoms with Gasteiger partial charge in [0.2, 0.25) is 0 Å². The van der Waals surface area contributed by atoms with Crippen molar-refractivity contribution in [3.63, 3.8) is 0 Å². The van der Waals surface area contributed by atoms with E-state index in [0.29, 0.717) is 17.3 Å². The van der Waals surface area contributed by atoms with Gasteiger partial charge in [-0.3, -0.25) is 9.80 Å². The number of rotatable bonds is 4. The average molecular weight is 295 g/mol. The van der Waals surface area contributed by atoms with Crippen LogP contribution in [0.5, 0.6) is 0 Å². The highest BCUT2D eigenvalue weighted by Crippen LogP contribution is 2.33. The number of hydrogen-bond donors (Lipinski definition) is 1. The first kappa shape index (κ1) is 14.3. The summed E-state index contributed by atoms with van der Waals surface area (Å²) in [5.41, 5.74) is 2.30. The minimum atomic E-state index is 0.234. The highest BCUT2D eigenvalue weighted by Gasteiger charge is 2.28. The van der Waals surface area contributed by atoms with E-state index in [9.17, 15) is 9.90 Å². The molecule has 1 fully saturated rings. The van der Waals surface area contributed by atoms with E-state index in [1.165, 1.54) is 0 Å². The molecule has 1 N–H and O–H groups in total. The maximum atomic E-state index is 11.0.